The minimum atomic E-state index is 0.415. The minimum absolute atomic E-state index is 0.415. The van der Waals surface area contributed by atoms with Gasteiger partial charge in [0.25, 0.3) is 0 Å². The van der Waals surface area contributed by atoms with E-state index in [1.54, 1.807) is 0 Å². The van der Waals surface area contributed by atoms with E-state index < -0.39 is 0 Å². The standard InChI is InChI=1S/C18H31N3/c1-6-16-7-9-17(10-8-16)18(19-4)13-21-11-14(2)20(5)15(3)12-21/h7-10,14-15,18-19H,6,11-13H2,1-5H3. The van der Waals surface area contributed by atoms with Crippen molar-refractivity contribution in [3.05, 3.63) is 35.4 Å². The smallest absolute Gasteiger partial charge is 0.0446 e. The second kappa shape index (κ2) is 7.39. The van der Waals surface area contributed by atoms with Crippen molar-refractivity contribution >= 4 is 0 Å². The van der Waals surface area contributed by atoms with Crippen molar-refractivity contribution in [1.29, 1.82) is 0 Å². The van der Waals surface area contributed by atoms with Gasteiger partial charge in [0, 0.05) is 37.8 Å². The van der Waals surface area contributed by atoms with Crippen LogP contribution in [0.1, 0.15) is 37.9 Å². The Hall–Kier alpha value is -0.900. The molecule has 1 fully saturated rings. The van der Waals surface area contributed by atoms with E-state index in [2.05, 4.69) is 74.2 Å². The van der Waals surface area contributed by atoms with E-state index in [4.69, 9.17) is 0 Å². The van der Waals surface area contributed by atoms with Gasteiger partial charge in [-0.1, -0.05) is 31.2 Å². The van der Waals surface area contributed by atoms with Crippen molar-refractivity contribution < 1.29 is 0 Å². The van der Waals surface area contributed by atoms with Crippen LogP contribution in [0.3, 0.4) is 0 Å². The highest BCUT2D eigenvalue weighted by molar-refractivity contribution is 5.25. The molecule has 0 bridgehead atoms. The molecule has 0 aliphatic carbocycles. The molecule has 1 aromatic carbocycles. The summed E-state index contributed by atoms with van der Waals surface area (Å²) < 4.78 is 0. The largest absolute Gasteiger partial charge is 0.312 e. The fourth-order valence-corrected chi connectivity index (χ4v) is 3.27. The predicted molar refractivity (Wildman–Crippen MR) is 90.7 cm³/mol. The first kappa shape index (κ1) is 16.5. The maximum Gasteiger partial charge on any atom is 0.0446 e. The molecular formula is C18H31N3. The molecule has 3 heteroatoms. The molecule has 0 spiro atoms. The summed E-state index contributed by atoms with van der Waals surface area (Å²) in [4.78, 5) is 5.09. The molecule has 3 nitrogen and oxygen atoms in total. The summed E-state index contributed by atoms with van der Waals surface area (Å²) in [6.07, 6.45) is 1.11. The summed E-state index contributed by atoms with van der Waals surface area (Å²) in [5.41, 5.74) is 2.81. The van der Waals surface area contributed by atoms with E-state index in [1.807, 2.05) is 0 Å². The van der Waals surface area contributed by atoms with Crippen LogP contribution in [-0.4, -0.2) is 55.6 Å². The average Bonchev–Trinajstić information content (AvgIpc) is 2.50. The quantitative estimate of drug-likeness (QED) is 0.898. The van der Waals surface area contributed by atoms with Crippen molar-refractivity contribution in [1.82, 2.24) is 15.1 Å². The molecule has 1 N–H and O–H groups in total. The van der Waals surface area contributed by atoms with Gasteiger partial charge in [-0.15, -0.1) is 0 Å². The Morgan fingerprint density at radius 1 is 1.14 bits per heavy atom. The van der Waals surface area contributed by atoms with E-state index in [1.165, 1.54) is 11.1 Å². The Morgan fingerprint density at radius 3 is 2.19 bits per heavy atom. The number of rotatable bonds is 5. The van der Waals surface area contributed by atoms with Crippen LogP contribution in [0.15, 0.2) is 24.3 Å². The summed E-state index contributed by atoms with van der Waals surface area (Å²) in [5, 5.41) is 3.49. The molecule has 3 atom stereocenters. The van der Waals surface area contributed by atoms with Gasteiger partial charge in [0.1, 0.15) is 0 Å². The molecule has 118 valence electrons. The third kappa shape index (κ3) is 4.06. The Balaban J connectivity index is 2.01. The lowest BCUT2D eigenvalue weighted by atomic mass is 10.0. The molecule has 0 aromatic heterocycles. The fourth-order valence-electron chi connectivity index (χ4n) is 3.27. The molecule has 21 heavy (non-hydrogen) atoms. The highest BCUT2D eigenvalue weighted by Gasteiger charge is 2.27. The summed E-state index contributed by atoms with van der Waals surface area (Å²) in [7, 11) is 4.31. The predicted octanol–water partition coefficient (Wildman–Crippen LogP) is 2.53. The molecule has 3 unspecified atom stereocenters. The van der Waals surface area contributed by atoms with Crippen molar-refractivity contribution in [3.63, 3.8) is 0 Å². The lowest BCUT2D eigenvalue weighted by Crippen LogP contribution is -2.56. The Bertz CT molecular complexity index is 417. The second-order valence-electron chi connectivity index (χ2n) is 6.52. The molecule has 1 aromatic rings. The zero-order chi connectivity index (χ0) is 15.4. The first-order valence-corrected chi connectivity index (χ1v) is 8.25. The first-order chi connectivity index (χ1) is 10.0. The van der Waals surface area contributed by atoms with Crippen LogP contribution >= 0.6 is 0 Å². The SMILES string of the molecule is CCc1ccc(C(CN2CC(C)N(C)C(C)C2)NC)cc1. The number of aryl methyl sites for hydroxylation is 1. The van der Waals surface area contributed by atoms with E-state index in [9.17, 15) is 0 Å². The van der Waals surface area contributed by atoms with Gasteiger partial charge in [-0.3, -0.25) is 9.80 Å². The number of hydrogen-bond donors (Lipinski definition) is 1. The third-order valence-corrected chi connectivity index (χ3v) is 5.01. The number of benzene rings is 1. The molecule has 1 heterocycles. The van der Waals surface area contributed by atoms with Crippen LogP contribution in [-0.2, 0) is 6.42 Å². The number of piperazine rings is 1. The number of hydrogen-bond acceptors (Lipinski definition) is 3. The number of nitrogens with one attached hydrogen (secondary N) is 1. The molecule has 1 saturated heterocycles. The first-order valence-electron chi connectivity index (χ1n) is 8.25. The van der Waals surface area contributed by atoms with Gasteiger partial charge in [-0.25, -0.2) is 0 Å². The second-order valence-corrected chi connectivity index (χ2v) is 6.52. The lowest BCUT2D eigenvalue weighted by molar-refractivity contribution is 0.0547. The zero-order valence-corrected chi connectivity index (χ0v) is 14.3. The van der Waals surface area contributed by atoms with Crippen LogP contribution in [0.5, 0.6) is 0 Å². The summed E-state index contributed by atoms with van der Waals surface area (Å²) in [6, 6.07) is 10.8. The van der Waals surface area contributed by atoms with E-state index >= 15 is 0 Å². The van der Waals surface area contributed by atoms with Crippen molar-refractivity contribution in [2.24, 2.45) is 0 Å². The monoisotopic (exact) mass is 289 g/mol. The molecule has 2 rings (SSSR count). The fraction of sp³-hybridized carbons (Fsp3) is 0.667. The summed E-state index contributed by atoms with van der Waals surface area (Å²) in [6.45, 7) is 10.3. The van der Waals surface area contributed by atoms with Gasteiger partial charge in [0.05, 0.1) is 0 Å². The van der Waals surface area contributed by atoms with Crippen LogP contribution < -0.4 is 5.32 Å². The van der Waals surface area contributed by atoms with Gasteiger partial charge in [0.15, 0.2) is 0 Å². The zero-order valence-electron chi connectivity index (χ0n) is 14.3. The Kier molecular flexibility index (Phi) is 5.80. The van der Waals surface area contributed by atoms with Crippen LogP contribution in [0, 0.1) is 0 Å². The molecule has 0 amide bonds. The van der Waals surface area contributed by atoms with Gasteiger partial charge < -0.3 is 5.32 Å². The van der Waals surface area contributed by atoms with Gasteiger partial charge in [-0.05, 0) is 45.5 Å². The van der Waals surface area contributed by atoms with E-state index in [0.717, 1.165) is 26.1 Å². The molecule has 0 saturated carbocycles. The van der Waals surface area contributed by atoms with Crippen LogP contribution in [0.25, 0.3) is 0 Å². The Morgan fingerprint density at radius 2 is 1.71 bits per heavy atom. The van der Waals surface area contributed by atoms with Crippen LogP contribution in [0.4, 0.5) is 0 Å². The van der Waals surface area contributed by atoms with E-state index in [0.29, 0.717) is 18.1 Å². The molecule has 0 radical (unpaired) electrons. The van der Waals surface area contributed by atoms with Crippen LogP contribution in [0.2, 0.25) is 0 Å². The third-order valence-electron chi connectivity index (χ3n) is 5.01. The maximum atomic E-state index is 3.49. The number of likely N-dealkylation sites (N-methyl/N-ethyl adjacent to an activating group) is 2. The normalized spacial score (nSPS) is 26.0. The summed E-state index contributed by atoms with van der Waals surface area (Å²) >= 11 is 0. The Labute approximate surface area is 130 Å². The van der Waals surface area contributed by atoms with Crippen molar-refractivity contribution in [2.45, 2.75) is 45.3 Å². The molecular weight excluding hydrogens is 258 g/mol. The highest BCUT2D eigenvalue weighted by atomic mass is 15.3. The molecule has 1 aliphatic rings. The van der Waals surface area contributed by atoms with Crippen molar-refractivity contribution in [2.75, 3.05) is 33.7 Å². The van der Waals surface area contributed by atoms with Gasteiger partial charge >= 0.3 is 0 Å². The maximum absolute atomic E-state index is 3.49. The topological polar surface area (TPSA) is 18.5 Å². The average molecular weight is 289 g/mol. The van der Waals surface area contributed by atoms with Gasteiger partial charge in [0.2, 0.25) is 0 Å². The van der Waals surface area contributed by atoms with E-state index in [-0.39, 0.29) is 0 Å². The minimum Gasteiger partial charge on any atom is -0.312 e. The molecule has 1 aliphatic heterocycles. The highest BCUT2D eigenvalue weighted by Crippen LogP contribution is 2.19. The number of nitrogens with zero attached hydrogens (tertiary/aromatic N) is 2. The van der Waals surface area contributed by atoms with Crippen molar-refractivity contribution in [3.8, 4) is 0 Å². The van der Waals surface area contributed by atoms with Gasteiger partial charge in [-0.2, -0.15) is 0 Å². The summed E-state index contributed by atoms with van der Waals surface area (Å²) in [5.74, 6) is 0. The lowest BCUT2D eigenvalue weighted by Gasteiger charge is -2.43.